The Morgan fingerprint density at radius 2 is 1.78 bits per heavy atom. The molecule has 0 aliphatic carbocycles. The van der Waals surface area contributed by atoms with Gasteiger partial charge in [-0.2, -0.15) is 0 Å². The SMILES string of the molecule is CC1CC(NC(=O)c2ccc(NS(=O)(=O)c3ccc(F)cc3)cc2)CCN1. The molecule has 0 bridgehead atoms. The van der Waals surface area contributed by atoms with E-state index in [4.69, 9.17) is 0 Å². The molecule has 2 atom stereocenters. The lowest BCUT2D eigenvalue weighted by Gasteiger charge is -2.28. The first-order valence-electron chi connectivity index (χ1n) is 8.76. The van der Waals surface area contributed by atoms with Gasteiger partial charge in [0.05, 0.1) is 4.90 Å². The van der Waals surface area contributed by atoms with E-state index in [-0.39, 0.29) is 16.8 Å². The van der Waals surface area contributed by atoms with Gasteiger partial charge in [0.25, 0.3) is 15.9 Å². The van der Waals surface area contributed by atoms with Gasteiger partial charge in [-0.25, -0.2) is 12.8 Å². The highest BCUT2D eigenvalue weighted by molar-refractivity contribution is 7.92. The number of hydrogen-bond donors (Lipinski definition) is 3. The highest BCUT2D eigenvalue weighted by Crippen LogP contribution is 2.17. The van der Waals surface area contributed by atoms with Gasteiger partial charge in [-0.3, -0.25) is 9.52 Å². The van der Waals surface area contributed by atoms with Crippen LogP contribution in [0.1, 0.15) is 30.1 Å². The Bertz CT molecular complexity index is 899. The van der Waals surface area contributed by atoms with Crippen LogP contribution in [-0.2, 0) is 10.0 Å². The van der Waals surface area contributed by atoms with Crippen molar-refractivity contribution < 1.29 is 17.6 Å². The molecule has 2 unspecified atom stereocenters. The molecule has 6 nitrogen and oxygen atoms in total. The van der Waals surface area contributed by atoms with Gasteiger partial charge >= 0.3 is 0 Å². The Labute approximate surface area is 158 Å². The molecule has 1 saturated heterocycles. The molecule has 1 amide bonds. The Kier molecular flexibility index (Phi) is 5.76. The van der Waals surface area contributed by atoms with Crippen LogP contribution in [0, 0.1) is 5.82 Å². The number of carbonyl (C=O) groups excluding carboxylic acids is 1. The van der Waals surface area contributed by atoms with Gasteiger partial charge in [0.15, 0.2) is 0 Å². The summed E-state index contributed by atoms with van der Waals surface area (Å²) in [5.41, 5.74) is 0.789. The Morgan fingerprint density at radius 3 is 2.41 bits per heavy atom. The minimum absolute atomic E-state index is 0.0363. The summed E-state index contributed by atoms with van der Waals surface area (Å²) < 4.78 is 40.0. The predicted molar refractivity (Wildman–Crippen MR) is 102 cm³/mol. The molecule has 1 aliphatic rings. The molecule has 1 fully saturated rings. The van der Waals surface area contributed by atoms with Gasteiger partial charge in [0.1, 0.15) is 5.82 Å². The first-order valence-corrected chi connectivity index (χ1v) is 10.2. The zero-order chi connectivity index (χ0) is 19.4. The molecule has 2 aromatic rings. The summed E-state index contributed by atoms with van der Waals surface area (Å²) in [7, 11) is -3.82. The molecule has 1 aliphatic heterocycles. The second-order valence-electron chi connectivity index (χ2n) is 6.69. The number of anilines is 1. The summed E-state index contributed by atoms with van der Waals surface area (Å²) in [6.07, 6.45) is 1.76. The first kappa shape index (κ1) is 19.3. The van der Waals surface area contributed by atoms with Gasteiger partial charge in [0, 0.05) is 23.3 Å². The Morgan fingerprint density at radius 1 is 1.11 bits per heavy atom. The zero-order valence-electron chi connectivity index (χ0n) is 14.9. The molecule has 3 N–H and O–H groups in total. The van der Waals surface area contributed by atoms with Gasteiger partial charge in [0.2, 0.25) is 0 Å². The van der Waals surface area contributed by atoms with Crippen LogP contribution < -0.4 is 15.4 Å². The smallest absolute Gasteiger partial charge is 0.261 e. The van der Waals surface area contributed by atoms with Crippen molar-refractivity contribution in [3.63, 3.8) is 0 Å². The van der Waals surface area contributed by atoms with E-state index in [2.05, 4.69) is 22.3 Å². The van der Waals surface area contributed by atoms with E-state index in [0.29, 0.717) is 17.3 Å². The van der Waals surface area contributed by atoms with Crippen molar-refractivity contribution in [2.45, 2.75) is 36.7 Å². The van der Waals surface area contributed by atoms with Crippen LogP contribution in [0.2, 0.25) is 0 Å². The van der Waals surface area contributed by atoms with Crippen molar-refractivity contribution in [1.29, 1.82) is 0 Å². The number of halogens is 1. The molecule has 0 aromatic heterocycles. The summed E-state index contributed by atoms with van der Waals surface area (Å²) in [5, 5.41) is 6.34. The van der Waals surface area contributed by atoms with E-state index >= 15 is 0 Å². The van der Waals surface area contributed by atoms with E-state index in [1.165, 1.54) is 24.3 Å². The number of sulfonamides is 1. The monoisotopic (exact) mass is 391 g/mol. The van der Waals surface area contributed by atoms with E-state index in [1.807, 2.05) is 0 Å². The summed E-state index contributed by atoms with van der Waals surface area (Å²) in [5.74, 6) is -0.686. The minimum Gasteiger partial charge on any atom is -0.349 e. The standard InChI is InChI=1S/C19H22FN3O3S/c1-13-12-17(10-11-21-13)22-19(24)14-2-6-16(7-3-14)23-27(25,26)18-8-4-15(20)5-9-18/h2-9,13,17,21,23H,10-12H2,1H3,(H,22,24). The number of rotatable bonds is 5. The van der Waals surface area contributed by atoms with Crippen LogP contribution in [-0.4, -0.2) is 33.0 Å². The lowest BCUT2D eigenvalue weighted by Crippen LogP contribution is -2.46. The number of carbonyl (C=O) groups is 1. The van der Waals surface area contributed by atoms with Gasteiger partial charge in [-0.05, 0) is 74.8 Å². The number of nitrogens with one attached hydrogen (secondary N) is 3. The van der Waals surface area contributed by atoms with Crippen molar-refractivity contribution in [2.75, 3.05) is 11.3 Å². The maximum atomic E-state index is 13.0. The second-order valence-corrected chi connectivity index (χ2v) is 8.37. The Hall–Kier alpha value is -2.45. The fourth-order valence-electron chi connectivity index (χ4n) is 3.05. The molecule has 144 valence electrons. The van der Waals surface area contributed by atoms with Gasteiger partial charge in [-0.15, -0.1) is 0 Å². The average Bonchev–Trinajstić information content (AvgIpc) is 2.62. The largest absolute Gasteiger partial charge is 0.349 e. The number of amides is 1. The molecule has 3 rings (SSSR count). The minimum atomic E-state index is -3.82. The molecule has 0 radical (unpaired) electrons. The van der Waals surface area contributed by atoms with Crippen LogP contribution >= 0.6 is 0 Å². The molecule has 0 spiro atoms. The third kappa shape index (κ3) is 5.05. The second kappa shape index (κ2) is 8.06. The van der Waals surface area contributed by atoms with Crippen LogP contribution in [0.25, 0.3) is 0 Å². The summed E-state index contributed by atoms with van der Waals surface area (Å²) in [4.78, 5) is 12.3. The molecular weight excluding hydrogens is 369 g/mol. The fraction of sp³-hybridized carbons (Fsp3) is 0.316. The van der Waals surface area contributed by atoms with Crippen molar-refractivity contribution in [3.8, 4) is 0 Å². The molecule has 0 saturated carbocycles. The summed E-state index contributed by atoms with van der Waals surface area (Å²) in [6, 6.07) is 11.3. The summed E-state index contributed by atoms with van der Waals surface area (Å²) >= 11 is 0. The van der Waals surface area contributed by atoms with Crippen molar-refractivity contribution in [1.82, 2.24) is 10.6 Å². The van der Waals surface area contributed by atoms with Crippen LogP contribution in [0.15, 0.2) is 53.4 Å². The lowest BCUT2D eigenvalue weighted by atomic mass is 10.0. The lowest BCUT2D eigenvalue weighted by molar-refractivity contribution is 0.0925. The van der Waals surface area contributed by atoms with Crippen molar-refractivity contribution in [2.24, 2.45) is 0 Å². The summed E-state index contributed by atoms with van der Waals surface area (Å²) in [6.45, 7) is 2.95. The zero-order valence-corrected chi connectivity index (χ0v) is 15.7. The first-order chi connectivity index (χ1) is 12.8. The van der Waals surface area contributed by atoms with E-state index < -0.39 is 15.8 Å². The predicted octanol–water partition coefficient (Wildman–Crippen LogP) is 2.50. The van der Waals surface area contributed by atoms with Gasteiger partial charge < -0.3 is 10.6 Å². The molecule has 27 heavy (non-hydrogen) atoms. The molecule has 1 heterocycles. The van der Waals surface area contributed by atoms with E-state index in [9.17, 15) is 17.6 Å². The van der Waals surface area contributed by atoms with E-state index in [0.717, 1.165) is 31.5 Å². The van der Waals surface area contributed by atoms with E-state index in [1.54, 1.807) is 12.1 Å². The fourth-order valence-corrected chi connectivity index (χ4v) is 4.11. The third-order valence-electron chi connectivity index (χ3n) is 4.48. The topological polar surface area (TPSA) is 87.3 Å². The molecule has 2 aromatic carbocycles. The average molecular weight is 391 g/mol. The van der Waals surface area contributed by atoms with Crippen molar-refractivity contribution >= 4 is 21.6 Å². The molecular formula is C19H22FN3O3S. The van der Waals surface area contributed by atoms with Crippen molar-refractivity contribution in [3.05, 3.63) is 59.9 Å². The van der Waals surface area contributed by atoms with Crippen LogP contribution in [0.5, 0.6) is 0 Å². The maximum Gasteiger partial charge on any atom is 0.261 e. The number of piperidine rings is 1. The maximum absolute atomic E-state index is 13.0. The highest BCUT2D eigenvalue weighted by atomic mass is 32.2. The third-order valence-corrected chi connectivity index (χ3v) is 5.88. The Balaban J connectivity index is 1.64. The normalized spacial score (nSPS) is 20.1. The van der Waals surface area contributed by atoms with Crippen LogP contribution in [0.4, 0.5) is 10.1 Å². The number of hydrogen-bond acceptors (Lipinski definition) is 4. The quantitative estimate of drug-likeness (QED) is 0.731. The molecule has 8 heteroatoms. The van der Waals surface area contributed by atoms with Gasteiger partial charge in [-0.1, -0.05) is 0 Å². The number of benzene rings is 2. The highest BCUT2D eigenvalue weighted by Gasteiger charge is 2.20. The van der Waals surface area contributed by atoms with Crippen LogP contribution in [0.3, 0.4) is 0 Å².